The van der Waals surface area contributed by atoms with Crippen molar-refractivity contribution in [3.8, 4) is 0 Å². The van der Waals surface area contributed by atoms with Crippen LogP contribution in [0.4, 0.5) is 10.5 Å². The molecule has 126 valence electrons. The first-order chi connectivity index (χ1) is 11.7. The second-order valence-electron chi connectivity index (χ2n) is 6.56. The van der Waals surface area contributed by atoms with E-state index in [1.54, 1.807) is 4.90 Å². The number of nitrogens with zero attached hydrogens (tertiary/aromatic N) is 3. The number of amides is 2. The topological polar surface area (TPSA) is 50.2 Å². The molecule has 0 atom stereocenters. The van der Waals surface area contributed by atoms with Gasteiger partial charge in [-0.1, -0.05) is 30.5 Å². The number of benzene rings is 1. The molecule has 0 spiro atoms. The fourth-order valence-corrected chi connectivity index (χ4v) is 3.84. The number of hydrogen-bond donors (Lipinski definition) is 1. The fraction of sp³-hybridized carbons (Fsp3) is 0.444. The largest absolute Gasteiger partial charge is 0.332 e. The molecule has 5 nitrogen and oxygen atoms in total. The second kappa shape index (κ2) is 6.48. The molecule has 2 heterocycles. The highest BCUT2D eigenvalue weighted by Crippen LogP contribution is 2.31. The Morgan fingerprint density at radius 1 is 1.29 bits per heavy atom. The molecule has 0 bridgehead atoms. The maximum absolute atomic E-state index is 12.5. The molecule has 24 heavy (non-hydrogen) atoms. The minimum atomic E-state index is -0.0913. The molecule has 0 saturated heterocycles. The van der Waals surface area contributed by atoms with Crippen LogP contribution in [-0.4, -0.2) is 22.4 Å². The van der Waals surface area contributed by atoms with Gasteiger partial charge in [0.2, 0.25) is 0 Å². The maximum atomic E-state index is 12.5. The highest BCUT2D eigenvalue weighted by molar-refractivity contribution is 6.31. The zero-order valence-corrected chi connectivity index (χ0v) is 14.3. The van der Waals surface area contributed by atoms with E-state index in [9.17, 15) is 4.79 Å². The third-order valence-electron chi connectivity index (χ3n) is 4.97. The summed E-state index contributed by atoms with van der Waals surface area (Å²) in [7, 11) is 0. The lowest BCUT2D eigenvalue weighted by Crippen LogP contribution is -2.38. The summed E-state index contributed by atoms with van der Waals surface area (Å²) in [5, 5.41) is 8.24. The number of nitrogens with one attached hydrogen (secondary N) is 1. The van der Waals surface area contributed by atoms with E-state index in [0.29, 0.717) is 24.2 Å². The molecule has 6 heteroatoms. The molecule has 1 aliphatic carbocycles. The monoisotopic (exact) mass is 344 g/mol. The van der Waals surface area contributed by atoms with Crippen molar-refractivity contribution < 1.29 is 4.79 Å². The van der Waals surface area contributed by atoms with Crippen LogP contribution in [0.5, 0.6) is 0 Å². The van der Waals surface area contributed by atoms with Crippen LogP contribution < -0.4 is 10.2 Å². The minimum Gasteiger partial charge on any atom is -0.332 e. The molecule has 2 amide bonds. The van der Waals surface area contributed by atoms with E-state index in [-0.39, 0.29) is 6.03 Å². The predicted octanol–water partition coefficient (Wildman–Crippen LogP) is 3.92. The fourth-order valence-electron chi connectivity index (χ4n) is 3.67. The third-order valence-corrected chi connectivity index (χ3v) is 5.21. The lowest BCUT2D eigenvalue weighted by molar-refractivity contribution is 0.246. The lowest BCUT2D eigenvalue weighted by Gasteiger charge is -2.18. The minimum absolute atomic E-state index is 0.0913. The van der Waals surface area contributed by atoms with E-state index in [2.05, 4.69) is 15.1 Å². The zero-order chi connectivity index (χ0) is 16.5. The van der Waals surface area contributed by atoms with Gasteiger partial charge in [-0.05, 0) is 43.0 Å². The van der Waals surface area contributed by atoms with Crippen LogP contribution in [0.1, 0.15) is 43.0 Å². The first kappa shape index (κ1) is 15.5. The van der Waals surface area contributed by atoms with E-state index >= 15 is 0 Å². The van der Waals surface area contributed by atoms with Crippen molar-refractivity contribution in [3.05, 3.63) is 46.7 Å². The van der Waals surface area contributed by atoms with Gasteiger partial charge in [-0.15, -0.1) is 0 Å². The highest BCUT2D eigenvalue weighted by atomic mass is 35.5. The average Bonchev–Trinajstić information content (AvgIpc) is 3.31. The van der Waals surface area contributed by atoms with Gasteiger partial charge in [0.05, 0.1) is 24.0 Å². The Morgan fingerprint density at radius 2 is 2.12 bits per heavy atom. The molecule has 0 unspecified atom stereocenters. The molecule has 2 aromatic rings. The van der Waals surface area contributed by atoms with Gasteiger partial charge in [0.25, 0.3) is 0 Å². The number of carbonyl (C=O) groups is 1. The van der Waals surface area contributed by atoms with Crippen LogP contribution in [-0.2, 0) is 13.0 Å². The first-order valence-corrected chi connectivity index (χ1v) is 8.96. The van der Waals surface area contributed by atoms with Gasteiger partial charge >= 0.3 is 6.03 Å². The zero-order valence-electron chi connectivity index (χ0n) is 13.5. The van der Waals surface area contributed by atoms with Crippen molar-refractivity contribution in [1.82, 2.24) is 15.1 Å². The van der Waals surface area contributed by atoms with E-state index in [0.717, 1.165) is 17.8 Å². The van der Waals surface area contributed by atoms with Crippen LogP contribution in [0.25, 0.3) is 0 Å². The molecule has 1 aromatic carbocycles. The highest BCUT2D eigenvalue weighted by Gasteiger charge is 2.25. The van der Waals surface area contributed by atoms with Gasteiger partial charge in [0.1, 0.15) is 0 Å². The lowest BCUT2D eigenvalue weighted by atomic mass is 10.2. The predicted molar refractivity (Wildman–Crippen MR) is 94.5 cm³/mol. The molecule has 1 N–H and O–H groups in total. The molecule has 4 rings (SSSR count). The van der Waals surface area contributed by atoms with Crippen molar-refractivity contribution in [2.75, 3.05) is 11.4 Å². The molecule has 2 aliphatic rings. The van der Waals surface area contributed by atoms with Gasteiger partial charge in [-0.3, -0.25) is 9.58 Å². The van der Waals surface area contributed by atoms with E-state index in [4.69, 9.17) is 11.6 Å². The summed E-state index contributed by atoms with van der Waals surface area (Å²) in [6.07, 6.45) is 7.89. The Hall–Kier alpha value is -2.01. The average molecular weight is 345 g/mol. The summed E-state index contributed by atoms with van der Waals surface area (Å²) in [4.78, 5) is 14.3. The summed E-state index contributed by atoms with van der Waals surface area (Å²) in [5.41, 5.74) is 2.98. The number of rotatable bonds is 3. The van der Waals surface area contributed by atoms with Gasteiger partial charge in [-0.2, -0.15) is 5.10 Å². The molecular weight excluding hydrogens is 324 g/mol. The molecule has 1 aromatic heterocycles. The van der Waals surface area contributed by atoms with Crippen molar-refractivity contribution in [2.45, 2.75) is 44.7 Å². The number of anilines is 1. The molecule has 1 fully saturated rings. The van der Waals surface area contributed by atoms with Gasteiger partial charge in [0.15, 0.2) is 0 Å². The first-order valence-electron chi connectivity index (χ1n) is 8.58. The number of halogens is 1. The summed E-state index contributed by atoms with van der Waals surface area (Å²) in [6, 6.07) is 8.16. The van der Waals surface area contributed by atoms with E-state index in [1.807, 2.05) is 30.5 Å². The Kier molecular flexibility index (Phi) is 4.19. The van der Waals surface area contributed by atoms with Crippen molar-refractivity contribution in [2.24, 2.45) is 0 Å². The van der Waals surface area contributed by atoms with Crippen molar-refractivity contribution in [1.29, 1.82) is 0 Å². The molecule has 1 saturated carbocycles. The van der Waals surface area contributed by atoms with Gasteiger partial charge in [0, 0.05) is 17.8 Å². The Labute approximate surface area is 146 Å². The van der Waals surface area contributed by atoms with E-state index < -0.39 is 0 Å². The smallest absolute Gasteiger partial charge is 0.322 e. The van der Waals surface area contributed by atoms with Gasteiger partial charge < -0.3 is 5.32 Å². The number of aromatic nitrogens is 2. The Morgan fingerprint density at radius 3 is 2.96 bits per heavy atom. The molecular formula is C18H21ClN4O. The Balaban J connectivity index is 1.38. The standard InChI is InChI=1S/C18H21ClN4O/c19-14-6-5-13-7-9-22(17(13)11-14)18(24)20-12-15-8-10-23(21-15)16-3-1-2-4-16/h5-6,8,10-11,16H,1-4,7,9,12H2,(H,20,24). The number of carbonyl (C=O) groups excluding carboxylic acids is 1. The van der Waals surface area contributed by atoms with Crippen LogP contribution in [0.15, 0.2) is 30.5 Å². The number of fused-ring (bicyclic) bond motifs is 1. The van der Waals surface area contributed by atoms with Gasteiger partial charge in [-0.25, -0.2) is 4.79 Å². The summed E-state index contributed by atoms with van der Waals surface area (Å²) >= 11 is 6.06. The quantitative estimate of drug-likeness (QED) is 0.917. The third kappa shape index (κ3) is 3.00. The summed E-state index contributed by atoms with van der Waals surface area (Å²) in [6.45, 7) is 1.14. The van der Waals surface area contributed by atoms with Crippen molar-refractivity contribution in [3.63, 3.8) is 0 Å². The number of hydrogen-bond acceptors (Lipinski definition) is 2. The SMILES string of the molecule is O=C(NCc1ccn(C2CCCC2)n1)N1CCc2ccc(Cl)cc21. The van der Waals surface area contributed by atoms with Crippen LogP contribution in [0.2, 0.25) is 5.02 Å². The van der Waals surface area contributed by atoms with Crippen LogP contribution >= 0.6 is 11.6 Å². The van der Waals surface area contributed by atoms with Crippen molar-refractivity contribution >= 4 is 23.3 Å². The summed E-state index contributed by atoms with van der Waals surface area (Å²) < 4.78 is 2.05. The molecule has 0 radical (unpaired) electrons. The van der Waals surface area contributed by atoms with E-state index in [1.165, 1.54) is 31.2 Å². The molecule has 1 aliphatic heterocycles. The summed E-state index contributed by atoms with van der Waals surface area (Å²) in [5.74, 6) is 0. The normalized spacial score (nSPS) is 17.3. The maximum Gasteiger partial charge on any atom is 0.322 e. The Bertz CT molecular complexity index is 751. The second-order valence-corrected chi connectivity index (χ2v) is 7.00. The van der Waals surface area contributed by atoms with Crippen LogP contribution in [0.3, 0.4) is 0 Å². The van der Waals surface area contributed by atoms with Crippen LogP contribution in [0, 0.1) is 0 Å². The number of urea groups is 1.